The molecule has 0 bridgehead atoms. The molecule has 0 saturated heterocycles. The van der Waals surface area contributed by atoms with Gasteiger partial charge in [-0.3, -0.25) is 4.98 Å². The molecule has 1 rings (SSSR count). The van der Waals surface area contributed by atoms with E-state index in [2.05, 4.69) is 36.8 Å². The molecule has 1 radical (unpaired) electrons. The Morgan fingerprint density at radius 1 is 1.40 bits per heavy atom. The molecule has 0 aliphatic carbocycles. The summed E-state index contributed by atoms with van der Waals surface area (Å²) in [4.78, 5) is 3.53. The number of nitrogens with zero attached hydrogens (tertiary/aromatic N) is 1. The summed E-state index contributed by atoms with van der Waals surface area (Å²) in [7, 11) is 0. The van der Waals surface area contributed by atoms with Crippen LogP contribution in [0.1, 0.15) is 0 Å². The standard InChI is InChI=1S/C5H3Br2NO.Na/c6-3-1-4(7)5(9)8-2-3;/h1-2H,(H,8,9);/p-1. The largest absolute Gasteiger partial charge is 0.858 e. The van der Waals surface area contributed by atoms with Gasteiger partial charge in [0.05, 0.1) is 0 Å². The summed E-state index contributed by atoms with van der Waals surface area (Å²) in [5.74, 6) is -0.238. The molecule has 5 heteroatoms. The van der Waals surface area contributed by atoms with Gasteiger partial charge in [-0.25, -0.2) is 0 Å². The molecular weight excluding hydrogens is 273 g/mol. The Hall–Kier alpha value is 0.910. The molecule has 0 amide bonds. The second kappa shape index (κ2) is 4.72. The Labute approximate surface area is 97.6 Å². The summed E-state index contributed by atoms with van der Waals surface area (Å²) in [5.41, 5.74) is 0. The normalized spacial score (nSPS) is 8.60. The molecule has 49 valence electrons. The predicted octanol–water partition coefficient (Wildman–Crippen LogP) is 1.30. The van der Waals surface area contributed by atoms with Crippen LogP contribution in [0.25, 0.3) is 0 Å². The van der Waals surface area contributed by atoms with E-state index in [0.29, 0.717) is 4.47 Å². The van der Waals surface area contributed by atoms with Gasteiger partial charge in [-0.15, -0.1) is 0 Å². The molecule has 0 atom stereocenters. The summed E-state index contributed by atoms with van der Waals surface area (Å²) >= 11 is 6.21. The van der Waals surface area contributed by atoms with Crippen LogP contribution in [0.2, 0.25) is 0 Å². The second-order valence-corrected chi connectivity index (χ2v) is 3.21. The van der Waals surface area contributed by atoms with Crippen LogP contribution in [0, 0.1) is 0 Å². The van der Waals surface area contributed by atoms with Crippen molar-refractivity contribution in [2.75, 3.05) is 0 Å². The number of hydrogen-bond acceptors (Lipinski definition) is 2. The van der Waals surface area contributed by atoms with Crippen molar-refractivity contribution in [3.05, 3.63) is 21.2 Å². The molecule has 0 aliphatic rings. The van der Waals surface area contributed by atoms with Gasteiger partial charge in [0.2, 0.25) is 0 Å². The van der Waals surface area contributed by atoms with Crippen molar-refractivity contribution in [2.24, 2.45) is 0 Å². The van der Waals surface area contributed by atoms with Gasteiger partial charge in [-0.2, -0.15) is 0 Å². The third-order valence-electron chi connectivity index (χ3n) is 0.774. The van der Waals surface area contributed by atoms with Crippen LogP contribution in [0.4, 0.5) is 0 Å². The first-order valence-corrected chi connectivity index (χ1v) is 3.77. The summed E-state index contributed by atoms with van der Waals surface area (Å²) < 4.78 is 1.28. The Bertz CT molecular complexity index is 231. The zero-order valence-corrected chi connectivity index (χ0v) is 10.4. The molecule has 0 aliphatic heterocycles. The van der Waals surface area contributed by atoms with Crippen molar-refractivity contribution in [1.29, 1.82) is 0 Å². The molecule has 2 nitrogen and oxygen atoms in total. The van der Waals surface area contributed by atoms with Gasteiger partial charge in [-0.1, -0.05) is 0 Å². The van der Waals surface area contributed by atoms with Gasteiger partial charge >= 0.3 is 0 Å². The van der Waals surface area contributed by atoms with E-state index in [1.165, 1.54) is 6.20 Å². The van der Waals surface area contributed by atoms with E-state index in [1.807, 2.05) is 0 Å². The van der Waals surface area contributed by atoms with Crippen molar-refractivity contribution < 1.29 is 5.11 Å². The average Bonchev–Trinajstić information content (AvgIpc) is 1.80. The van der Waals surface area contributed by atoms with E-state index >= 15 is 0 Å². The first-order valence-electron chi connectivity index (χ1n) is 2.18. The Morgan fingerprint density at radius 3 is 2.40 bits per heavy atom. The predicted molar refractivity (Wildman–Crippen MR) is 44.8 cm³/mol. The average molecular weight is 275 g/mol. The van der Waals surface area contributed by atoms with Crippen LogP contribution in [0.5, 0.6) is 5.88 Å². The Morgan fingerprint density at radius 2 is 2.00 bits per heavy atom. The van der Waals surface area contributed by atoms with Crippen LogP contribution in [-0.4, -0.2) is 34.5 Å². The second-order valence-electron chi connectivity index (χ2n) is 1.44. The number of halogens is 2. The molecule has 0 saturated carbocycles. The van der Waals surface area contributed by atoms with Crippen LogP contribution in [0.15, 0.2) is 21.2 Å². The van der Waals surface area contributed by atoms with Crippen molar-refractivity contribution in [3.63, 3.8) is 0 Å². The summed E-state index contributed by atoms with van der Waals surface area (Å²) in [5, 5.41) is 10.6. The first-order chi connectivity index (χ1) is 4.20. The molecule has 10 heavy (non-hydrogen) atoms. The van der Waals surface area contributed by atoms with Crippen LogP contribution >= 0.6 is 31.9 Å². The van der Waals surface area contributed by atoms with Gasteiger partial charge in [0.1, 0.15) is 0 Å². The Balaban J connectivity index is 0.000000810. The van der Waals surface area contributed by atoms with Crippen molar-refractivity contribution in [3.8, 4) is 5.88 Å². The van der Waals surface area contributed by atoms with E-state index in [1.54, 1.807) is 6.07 Å². The summed E-state index contributed by atoms with van der Waals surface area (Å²) in [6, 6.07) is 1.66. The fourth-order valence-corrected chi connectivity index (χ4v) is 1.39. The van der Waals surface area contributed by atoms with E-state index in [0.717, 1.165) is 4.47 Å². The quantitative estimate of drug-likeness (QED) is 0.669. The molecule has 1 heterocycles. The SMILES string of the molecule is [Na].[O-]c1ncc(Br)cc1Br. The van der Waals surface area contributed by atoms with E-state index in [-0.39, 0.29) is 35.4 Å². The molecule has 0 spiro atoms. The van der Waals surface area contributed by atoms with Crippen molar-refractivity contribution in [2.45, 2.75) is 0 Å². The maximum absolute atomic E-state index is 10.6. The maximum Gasteiger partial charge on any atom is 0.0403 e. The zero-order chi connectivity index (χ0) is 6.85. The van der Waals surface area contributed by atoms with Crippen LogP contribution in [0.3, 0.4) is 0 Å². The number of pyridine rings is 1. The minimum atomic E-state index is -0.238. The topological polar surface area (TPSA) is 36.0 Å². The minimum Gasteiger partial charge on any atom is -0.858 e. The Kier molecular flexibility index (Phi) is 5.15. The van der Waals surface area contributed by atoms with Gasteiger partial charge in [0.15, 0.2) is 0 Å². The zero-order valence-electron chi connectivity index (χ0n) is 5.27. The third kappa shape index (κ3) is 2.88. The molecular formula is C5H2Br2NNaO-. The maximum atomic E-state index is 10.6. The molecule has 0 aromatic carbocycles. The van der Waals surface area contributed by atoms with Crippen LogP contribution in [-0.2, 0) is 0 Å². The van der Waals surface area contributed by atoms with Gasteiger partial charge < -0.3 is 5.11 Å². The number of rotatable bonds is 0. The minimum absolute atomic E-state index is 0. The molecule has 1 aromatic heterocycles. The van der Waals surface area contributed by atoms with Gasteiger partial charge in [-0.05, 0) is 37.9 Å². The summed E-state index contributed by atoms with van der Waals surface area (Å²) in [6.45, 7) is 0. The van der Waals surface area contributed by atoms with Gasteiger partial charge in [0, 0.05) is 50.6 Å². The summed E-state index contributed by atoms with van der Waals surface area (Å²) in [6.07, 6.45) is 1.47. The van der Waals surface area contributed by atoms with E-state index < -0.39 is 0 Å². The van der Waals surface area contributed by atoms with Crippen molar-refractivity contribution >= 4 is 61.4 Å². The van der Waals surface area contributed by atoms with Crippen molar-refractivity contribution in [1.82, 2.24) is 4.98 Å². The number of aromatic nitrogens is 1. The number of hydrogen-bond donors (Lipinski definition) is 0. The molecule has 0 fully saturated rings. The monoisotopic (exact) mass is 273 g/mol. The van der Waals surface area contributed by atoms with E-state index in [9.17, 15) is 5.11 Å². The first kappa shape index (κ1) is 10.9. The fraction of sp³-hybridized carbons (Fsp3) is 0. The smallest absolute Gasteiger partial charge is 0.0403 e. The molecule has 1 aromatic rings. The van der Waals surface area contributed by atoms with E-state index in [4.69, 9.17) is 0 Å². The molecule has 0 unspecified atom stereocenters. The molecule has 0 N–H and O–H groups in total. The van der Waals surface area contributed by atoms with Crippen LogP contribution < -0.4 is 5.11 Å². The third-order valence-corrected chi connectivity index (χ3v) is 1.78. The van der Waals surface area contributed by atoms with Gasteiger partial charge in [0.25, 0.3) is 0 Å². The fourth-order valence-electron chi connectivity index (χ4n) is 0.402.